The Hall–Kier alpha value is -2.21. The summed E-state index contributed by atoms with van der Waals surface area (Å²) in [7, 11) is 0. The molecular weight excluding hydrogens is 318 g/mol. The van der Waals surface area contributed by atoms with Gasteiger partial charge in [0.25, 0.3) is 11.5 Å². The summed E-state index contributed by atoms with van der Waals surface area (Å²) in [4.78, 5) is 24.7. The second-order valence-corrected chi connectivity index (χ2v) is 7.09. The van der Waals surface area contributed by atoms with Crippen LogP contribution in [-0.4, -0.2) is 34.9 Å². The van der Waals surface area contributed by atoms with Gasteiger partial charge in [-0.25, -0.2) is 5.10 Å². The minimum absolute atomic E-state index is 0.0731. The van der Waals surface area contributed by atoms with Crippen LogP contribution in [0, 0.1) is 5.41 Å². The molecule has 0 saturated heterocycles. The third-order valence-electron chi connectivity index (χ3n) is 5.90. The van der Waals surface area contributed by atoms with Crippen LogP contribution in [0.2, 0.25) is 0 Å². The Morgan fingerprint density at radius 2 is 2.04 bits per heavy atom. The molecule has 2 N–H and O–H groups in total. The van der Waals surface area contributed by atoms with Crippen molar-refractivity contribution in [3.8, 4) is 0 Å². The van der Waals surface area contributed by atoms with Crippen LogP contribution in [0.3, 0.4) is 0 Å². The van der Waals surface area contributed by atoms with E-state index in [0.29, 0.717) is 17.4 Å². The van der Waals surface area contributed by atoms with Gasteiger partial charge in [-0.3, -0.25) is 9.59 Å². The molecule has 6 nitrogen and oxygen atoms in total. The average molecular weight is 341 g/mol. The number of nitrogens with zero attached hydrogens (tertiary/aromatic N) is 1. The van der Waals surface area contributed by atoms with Crippen LogP contribution < -0.4 is 10.9 Å². The molecule has 2 aliphatic rings. The summed E-state index contributed by atoms with van der Waals surface area (Å²) in [6.45, 7) is 2.73. The number of amides is 1. The zero-order valence-corrected chi connectivity index (χ0v) is 14.4. The molecule has 2 aliphatic carbocycles. The Morgan fingerprint density at radius 1 is 1.32 bits per heavy atom. The van der Waals surface area contributed by atoms with Gasteiger partial charge in [0, 0.05) is 23.4 Å². The molecule has 1 aromatic carbocycles. The Bertz CT molecular complexity index is 854. The van der Waals surface area contributed by atoms with Crippen molar-refractivity contribution in [3.63, 3.8) is 0 Å². The number of carbonyl (C=O) groups excluding carboxylic acids is 1. The van der Waals surface area contributed by atoms with Gasteiger partial charge < -0.3 is 10.1 Å². The van der Waals surface area contributed by atoms with Crippen LogP contribution in [0.15, 0.2) is 29.1 Å². The van der Waals surface area contributed by atoms with Gasteiger partial charge >= 0.3 is 0 Å². The van der Waals surface area contributed by atoms with E-state index < -0.39 is 0 Å². The van der Waals surface area contributed by atoms with E-state index in [1.165, 1.54) is 12.8 Å². The number of hydrogen-bond donors (Lipinski definition) is 2. The minimum Gasteiger partial charge on any atom is -0.378 e. The normalized spacial score (nSPS) is 24.4. The Morgan fingerprint density at radius 3 is 2.76 bits per heavy atom. The summed E-state index contributed by atoms with van der Waals surface area (Å²) in [5.74, 6) is -0.223. The van der Waals surface area contributed by atoms with Crippen LogP contribution in [0.5, 0.6) is 0 Å². The molecule has 132 valence electrons. The molecule has 2 unspecified atom stereocenters. The van der Waals surface area contributed by atoms with E-state index in [1.54, 1.807) is 18.2 Å². The number of aromatic amines is 1. The lowest BCUT2D eigenvalue weighted by Gasteiger charge is -2.54. The predicted octanol–water partition coefficient (Wildman–Crippen LogP) is 2.39. The molecule has 2 atom stereocenters. The Balaban J connectivity index is 1.59. The maximum absolute atomic E-state index is 12.8. The second-order valence-electron chi connectivity index (χ2n) is 7.09. The summed E-state index contributed by atoms with van der Waals surface area (Å²) in [6.07, 6.45) is 5.67. The Labute approximate surface area is 146 Å². The first-order valence-corrected chi connectivity index (χ1v) is 9.05. The van der Waals surface area contributed by atoms with Gasteiger partial charge in [-0.1, -0.05) is 31.0 Å². The van der Waals surface area contributed by atoms with Crippen molar-refractivity contribution in [1.29, 1.82) is 0 Å². The zero-order chi connectivity index (χ0) is 17.4. The maximum Gasteiger partial charge on any atom is 0.272 e. The van der Waals surface area contributed by atoms with E-state index in [4.69, 9.17) is 4.74 Å². The topological polar surface area (TPSA) is 84.1 Å². The summed E-state index contributed by atoms with van der Waals surface area (Å²) >= 11 is 0. The quantitative estimate of drug-likeness (QED) is 0.894. The second kappa shape index (κ2) is 6.26. The molecule has 0 bridgehead atoms. The van der Waals surface area contributed by atoms with Crippen molar-refractivity contribution in [2.24, 2.45) is 5.41 Å². The van der Waals surface area contributed by atoms with E-state index >= 15 is 0 Å². The lowest BCUT2D eigenvalue weighted by atomic mass is 9.60. The largest absolute Gasteiger partial charge is 0.378 e. The lowest BCUT2D eigenvalue weighted by molar-refractivity contribution is -0.127. The van der Waals surface area contributed by atoms with Gasteiger partial charge in [0.2, 0.25) is 0 Å². The van der Waals surface area contributed by atoms with Gasteiger partial charge in [0.1, 0.15) is 0 Å². The highest BCUT2D eigenvalue weighted by molar-refractivity contribution is 6.04. The van der Waals surface area contributed by atoms with E-state index in [-0.39, 0.29) is 34.7 Å². The minimum atomic E-state index is -0.278. The molecule has 4 rings (SSSR count). The monoisotopic (exact) mass is 341 g/mol. The van der Waals surface area contributed by atoms with Crippen molar-refractivity contribution in [1.82, 2.24) is 15.5 Å². The Kier molecular flexibility index (Phi) is 4.07. The molecule has 25 heavy (non-hydrogen) atoms. The van der Waals surface area contributed by atoms with Crippen molar-refractivity contribution in [2.45, 2.75) is 51.2 Å². The first-order chi connectivity index (χ1) is 12.2. The summed E-state index contributed by atoms with van der Waals surface area (Å²) in [5.41, 5.74) is 0.0756. The van der Waals surface area contributed by atoms with Gasteiger partial charge in [-0.2, -0.15) is 5.10 Å². The summed E-state index contributed by atoms with van der Waals surface area (Å²) in [6, 6.07) is 7.19. The smallest absolute Gasteiger partial charge is 0.272 e. The standard InChI is InChI=1S/C19H23N3O3/c1-2-25-15-11-14(19(15)9-5-6-10-19)20-18(24)16-12-7-3-4-8-13(12)17(23)22-21-16/h3-4,7-8,14-15H,2,5-6,9-11H2,1H3,(H,20,24)(H,22,23). The zero-order valence-electron chi connectivity index (χ0n) is 14.4. The molecule has 2 saturated carbocycles. The molecular formula is C19H23N3O3. The number of aromatic nitrogens is 2. The molecule has 0 aliphatic heterocycles. The van der Waals surface area contributed by atoms with E-state index in [2.05, 4.69) is 15.5 Å². The fraction of sp³-hybridized carbons (Fsp3) is 0.526. The number of ether oxygens (including phenoxy) is 1. The number of fused-ring (bicyclic) bond motifs is 1. The highest BCUT2D eigenvalue weighted by Gasteiger charge is 2.57. The van der Waals surface area contributed by atoms with Crippen molar-refractivity contribution >= 4 is 16.7 Å². The number of H-pyrrole nitrogens is 1. The molecule has 1 heterocycles. The van der Waals surface area contributed by atoms with Gasteiger partial charge in [0.05, 0.1) is 11.5 Å². The van der Waals surface area contributed by atoms with Crippen molar-refractivity contribution < 1.29 is 9.53 Å². The number of hydrogen-bond acceptors (Lipinski definition) is 4. The molecule has 2 fully saturated rings. The molecule has 1 spiro atoms. The summed E-state index contributed by atoms with van der Waals surface area (Å²) < 4.78 is 5.90. The first-order valence-electron chi connectivity index (χ1n) is 9.05. The number of nitrogens with one attached hydrogen (secondary N) is 2. The molecule has 1 amide bonds. The van der Waals surface area contributed by atoms with Gasteiger partial charge in [-0.05, 0) is 32.3 Å². The van der Waals surface area contributed by atoms with E-state index in [0.717, 1.165) is 19.3 Å². The van der Waals surface area contributed by atoms with Crippen molar-refractivity contribution in [3.05, 3.63) is 40.3 Å². The van der Waals surface area contributed by atoms with Gasteiger partial charge in [-0.15, -0.1) is 0 Å². The third kappa shape index (κ3) is 2.56. The van der Waals surface area contributed by atoms with E-state index in [9.17, 15) is 9.59 Å². The highest BCUT2D eigenvalue weighted by atomic mass is 16.5. The first kappa shape index (κ1) is 16.3. The maximum atomic E-state index is 12.8. The molecule has 0 radical (unpaired) electrons. The molecule has 2 aromatic rings. The molecule has 6 heteroatoms. The van der Waals surface area contributed by atoms with Crippen LogP contribution in [0.1, 0.15) is 49.5 Å². The van der Waals surface area contributed by atoms with E-state index in [1.807, 2.05) is 13.0 Å². The number of carbonyl (C=O) groups is 1. The highest BCUT2D eigenvalue weighted by Crippen LogP contribution is 2.54. The molecule has 1 aromatic heterocycles. The predicted molar refractivity (Wildman–Crippen MR) is 94.5 cm³/mol. The average Bonchev–Trinajstić information content (AvgIpc) is 3.14. The lowest BCUT2D eigenvalue weighted by Crippen LogP contribution is -2.63. The van der Waals surface area contributed by atoms with Crippen LogP contribution in [0.4, 0.5) is 0 Å². The number of rotatable bonds is 4. The fourth-order valence-electron chi connectivity index (χ4n) is 4.60. The van der Waals surface area contributed by atoms with Crippen molar-refractivity contribution in [2.75, 3.05) is 6.61 Å². The summed E-state index contributed by atoms with van der Waals surface area (Å²) in [5, 5.41) is 10.7. The number of benzene rings is 1. The van der Waals surface area contributed by atoms with Crippen LogP contribution >= 0.6 is 0 Å². The van der Waals surface area contributed by atoms with Crippen LogP contribution in [-0.2, 0) is 4.74 Å². The third-order valence-corrected chi connectivity index (χ3v) is 5.90. The SMILES string of the molecule is CCOC1CC(NC(=O)c2n[nH]c(=O)c3ccccc23)C12CCCC2. The fourth-order valence-corrected chi connectivity index (χ4v) is 4.60. The van der Waals surface area contributed by atoms with Gasteiger partial charge in [0.15, 0.2) is 5.69 Å². The van der Waals surface area contributed by atoms with Crippen LogP contribution in [0.25, 0.3) is 10.8 Å².